The quantitative estimate of drug-likeness (QED) is 0.591. The molecule has 2 rings (SSSR count). The maximum Gasteiger partial charge on any atom is 0.271 e. The van der Waals surface area contributed by atoms with E-state index in [4.69, 9.17) is 30.5 Å². The van der Waals surface area contributed by atoms with E-state index in [1.54, 1.807) is 30.3 Å². The maximum atomic E-state index is 12.3. The zero-order chi connectivity index (χ0) is 19.1. The van der Waals surface area contributed by atoms with Crippen molar-refractivity contribution in [2.45, 2.75) is 0 Å². The fourth-order valence-corrected chi connectivity index (χ4v) is 2.40. The summed E-state index contributed by atoms with van der Waals surface area (Å²) in [5.74, 6) is 1.57. The van der Waals surface area contributed by atoms with Crippen molar-refractivity contribution in [1.82, 2.24) is 5.43 Å². The van der Waals surface area contributed by atoms with Gasteiger partial charge in [0.15, 0.2) is 0 Å². The summed E-state index contributed by atoms with van der Waals surface area (Å²) in [6, 6.07) is 8.10. The number of nitrogens with zero attached hydrogens (tertiary/aromatic N) is 1. The molecule has 0 radical (unpaired) electrons. The smallest absolute Gasteiger partial charge is 0.271 e. The van der Waals surface area contributed by atoms with Crippen molar-refractivity contribution >= 4 is 23.7 Å². The number of methoxy groups -OCH3 is 4. The fraction of sp³-hybridized carbons (Fsp3) is 0.222. The highest BCUT2D eigenvalue weighted by Gasteiger charge is 2.10. The zero-order valence-corrected chi connectivity index (χ0v) is 15.6. The van der Waals surface area contributed by atoms with Crippen LogP contribution in [0.1, 0.15) is 15.9 Å². The number of rotatable bonds is 7. The SMILES string of the molecule is COc1cc(OC)cc(C(=O)N/N=C\c2cc(Cl)c(OC)cc2OC)c1. The molecule has 2 aromatic rings. The molecule has 1 N–H and O–H groups in total. The lowest BCUT2D eigenvalue weighted by Gasteiger charge is -2.09. The number of halogens is 1. The minimum atomic E-state index is -0.419. The standard InChI is InChI=1S/C18H19ClN2O5/c1-23-13-5-11(6-14(8-13)24-2)18(22)21-20-10-12-7-15(19)17(26-4)9-16(12)25-3/h5-10H,1-4H3,(H,21,22)/b20-10-. The van der Waals surface area contributed by atoms with E-state index in [0.717, 1.165) is 0 Å². The molecule has 0 saturated heterocycles. The number of nitrogens with one attached hydrogen (secondary N) is 1. The monoisotopic (exact) mass is 378 g/mol. The topological polar surface area (TPSA) is 78.4 Å². The molecule has 0 saturated carbocycles. The molecule has 26 heavy (non-hydrogen) atoms. The van der Waals surface area contributed by atoms with E-state index < -0.39 is 5.91 Å². The number of carbonyl (C=O) groups excluding carboxylic acids is 1. The van der Waals surface area contributed by atoms with Crippen LogP contribution in [0.2, 0.25) is 5.02 Å². The number of hydrogen-bond donors (Lipinski definition) is 1. The minimum Gasteiger partial charge on any atom is -0.497 e. The minimum absolute atomic E-state index is 0.345. The number of hydrazone groups is 1. The Bertz CT molecular complexity index is 801. The summed E-state index contributed by atoms with van der Waals surface area (Å²) in [4.78, 5) is 12.3. The van der Waals surface area contributed by atoms with Gasteiger partial charge in [0.2, 0.25) is 0 Å². The van der Waals surface area contributed by atoms with Gasteiger partial charge in [0.05, 0.1) is 39.7 Å². The summed E-state index contributed by atoms with van der Waals surface area (Å²) in [7, 11) is 6.04. The van der Waals surface area contributed by atoms with Crippen LogP contribution in [0.5, 0.6) is 23.0 Å². The molecule has 0 spiro atoms. The maximum absolute atomic E-state index is 12.3. The van der Waals surface area contributed by atoms with E-state index in [2.05, 4.69) is 10.5 Å². The van der Waals surface area contributed by atoms with Crippen molar-refractivity contribution in [3.05, 3.63) is 46.5 Å². The second-order valence-electron chi connectivity index (χ2n) is 5.03. The van der Waals surface area contributed by atoms with Gasteiger partial charge in [-0.25, -0.2) is 5.43 Å². The Labute approximate surface area is 156 Å². The van der Waals surface area contributed by atoms with E-state index in [1.807, 2.05) is 0 Å². The number of benzene rings is 2. The van der Waals surface area contributed by atoms with Crippen LogP contribution in [-0.2, 0) is 0 Å². The highest BCUT2D eigenvalue weighted by Crippen LogP contribution is 2.31. The number of carbonyl (C=O) groups is 1. The zero-order valence-electron chi connectivity index (χ0n) is 14.8. The third kappa shape index (κ3) is 4.58. The summed E-state index contributed by atoms with van der Waals surface area (Å²) in [5, 5.41) is 4.35. The van der Waals surface area contributed by atoms with Gasteiger partial charge in [-0.3, -0.25) is 4.79 Å². The van der Waals surface area contributed by atoms with Crippen molar-refractivity contribution < 1.29 is 23.7 Å². The Kier molecular flexibility index (Phi) is 6.68. The van der Waals surface area contributed by atoms with Crippen LogP contribution >= 0.6 is 11.6 Å². The summed E-state index contributed by atoms with van der Waals surface area (Å²) < 4.78 is 20.7. The first-order valence-corrected chi connectivity index (χ1v) is 7.88. The molecule has 0 atom stereocenters. The highest BCUT2D eigenvalue weighted by molar-refractivity contribution is 6.32. The van der Waals surface area contributed by atoms with Gasteiger partial charge in [-0.2, -0.15) is 5.10 Å². The molecule has 0 aliphatic heterocycles. The third-order valence-corrected chi connectivity index (χ3v) is 3.78. The number of hydrogen-bond acceptors (Lipinski definition) is 6. The summed E-state index contributed by atoms with van der Waals surface area (Å²) in [6.07, 6.45) is 1.43. The van der Waals surface area contributed by atoms with Gasteiger partial charge in [-0.05, 0) is 18.2 Å². The normalized spacial score (nSPS) is 10.5. The first-order valence-electron chi connectivity index (χ1n) is 7.50. The van der Waals surface area contributed by atoms with Crippen LogP contribution in [0.4, 0.5) is 0 Å². The largest absolute Gasteiger partial charge is 0.497 e. The van der Waals surface area contributed by atoms with E-state index in [0.29, 0.717) is 39.1 Å². The predicted molar refractivity (Wildman–Crippen MR) is 99.2 cm³/mol. The van der Waals surface area contributed by atoms with E-state index in [1.165, 1.54) is 34.7 Å². The average molecular weight is 379 g/mol. The van der Waals surface area contributed by atoms with Crippen LogP contribution in [0.25, 0.3) is 0 Å². The van der Waals surface area contributed by atoms with Crippen LogP contribution in [-0.4, -0.2) is 40.6 Å². The Hall–Kier alpha value is -2.93. The van der Waals surface area contributed by atoms with Crippen molar-refractivity contribution in [2.24, 2.45) is 5.10 Å². The van der Waals surface area contributed by atoms with E-state index in [-0.39, 0.29) is 0 Å². The second kappa shape index (κ2) is 8.96. The molecule has 0 aliphatic carbocycles. The van der Waals surface area contributed by atoms with Crippen LogP contribution in [0.15, 0.2) is 35.4 Å². The molecule has 0 bridgehead atoms. The molecule has 0 unspecified atom stereocenters. The third-order valence-electron chi connectivity index (χ3n) is 3.49. The highest BCUT2D eigenvalue weighted by atomic mass is 35.5. The fourth-order valence-electron chi connectivity index (χ4n) is 2.15. The molecular formula is C18H19ClN2O5. The summed E-state index contributed by atoms with van der Waals surface area (Å²) >= 11 is 6.11. The lowest BCUT2D eigenvalue weighted by molar-refractivity contribution is 0.0954. The van der Waals surface area contributed by atoms with Crippen molar-refractivity contribution in [3.63, 3.8) is 0 Å². The molecule has 0 heterocycles. The predicted octanol–water partition coefficient (Wildman–Crippen LogP) is 3.14. The van der Waals surface area contributed by atoms with Crippen LogP contribution in [0.3, 0.4) is 0 Å². The lowest BCUT2D eigenvalue weighted by atomic mass is 10.2. The number of amides is 1. The first-order chi connectivity index (χ1) is 12.5. The Morgan fingerprint density at radius 1 is 0.923 bits per heavy atom. The van der Waals surface area contributed by atoms with E-state index in [9.17, 15) is 4.79 Å². The Balaban J connectivity index is 2.18. The van der Waals surface area contributed by atoms with Crippen LogP contribution < -0.4 is 24.4 Å². The summed E-state index contributed by atoms with van der Waals surface area (Å²) in [5.41, 5.74) is 3.37. The molecule has 2 aromatic carbocycles. The molecule has 0 aromatic heterocycles. The molecule has 0 aliphatic rings. The summed E-state index contributed by atoms with van der Waals surface area (Å²) in [6.45, 7) is 0. The van der Waals surface area contributed by atoms with Gasteiger partial charge >= 0.3 is 0 Å². The van der Waals surface area contributed by atoms with Gasteiger partial charge in [0.25, 0.3) is 5.91 Å². The van der Waals surface area contributed by atoms with Crippen molar-refractivity contribution in [1.29, 1.82) is 0 Å². The van der Waals surface area contributed by atoms with Crippen molar-refractivity contribution in [3.8, 4) is 23.0 Å². The Morgan fingerprint density at radius 2 is 1.54 bits per heavy atom. The lowest BCUT2D eigenvalue weighted by Crippen LogP contribution is -2.17. The van der Waals surface area contributed by atoms with Gasteiger partial charge in [-0.15, -0.1) is 0 Å². The van der Waals surface area contributed by atoms with Crippen molar-refractivity contribution in [2.75, 3.05) is 28.4 Å². The number of ether oxygens (including phenoxy) is 4. The van der Waals surface area contributed by atoms with Gasteiger partial charge in [0.1, 0.15) is 23.0 Å². The van der Waals surface area contributed by atoms with E-state index >= 15 is 0 Å². The molecule has 0 fully saturated rings. The molecule has 7 nitrogen and oxygen atoms in total. The molecular weight excluding hydrogens is 360 g/mol. The average Bonchev–Trinajstić information content (AvgIpc) is 2.67. The molecule has 138 valence electrons. The molecule has 8 heteroatoms. The Morgan fingerprint density at radius 3 is 2.08 bits per heavy atom. The second-order valence-corrected chi connectivity index (χ2v) is 5.44. The van der Waals surface area contributed by atoms with Gasteiger partial charge < -0.3 is 18.9 Å². The van der Waals surface area contributed by atoms with Gasteiger partial charge in [0, 0.05) is 23.3 Å². The molecule has 1 amide bonds. The van der Waals surface area contributed by atoms with Gasteiger partial charge in [-0.1, -0.05) is 11.6 Å². The van der Waals surface area contributed by atoms with Crippen LogP contribution in [0, 0.1) is 0 Å². The first kappa shape index (κ1) is 19.4.